The molecule has 2 N–H and O–H groups in total. The normalized spacial score (nSPS) is 13.9. The molecule has 3 amide bonds. The predicted octanol–water partition coefficient (Wildman–Crippen LogP) is 0.500. The highest BCUT2D eigenvalue weighted by Gasteiger charge is 2.22. The number of carbonyl (C=O) groups is 3. The van der Waals surface area contributed by atoms with Gasteiger partial charge in [-0.15, -0.1) is 0 Å². The summed E-state index contributed by atoms with van der Waals surface area (Å²) in [6.07, 6.45) is 0.896. The van der Waals surface area contributed by atoms with Crippen molar-refractivity contribution in [2.45, 2.75) is 11.4 Å². The van der Waals surface area contributed by atoms with Gasteiger partial charge in [-0.25, -0.2) is 8.42 Å². The van der Waals surface area contributed by atoms with E-state index in [1.165, 1.54) is 4.90 Å². The molecule has 1 aliphatic heterocycles. The average molecular weight is 460 g/mol. The molecule has 1 aliphatic rings. The molecule has 1 fully saturated rings. The SMILES string of the molecule is CS(=O)(=O)c1cc(C(=O)NCc2ccc(C(=O)N3CCNC(=O)C3)cc2)cc([N+](=O)[O-])c1. The number of carbonyl (C=O) groups excluding carboxylic acids is 3. The van der Waals surface area contributed by atoms with Crippen molar-refractivity contribution in [2.75, 3.05) is 25.9 Å². The molecule has 0 atom stereocenters. The molecule has 0 spiro atoms. The minimum Gasteiger partial charge on any atom is -0.353 e. The Bertz CT molecular complexity index is 1190. The smallest absolute Gasteiger partial charge is 0.271 e. The number of amides is 3. The van der Waals surface area contributed by atoms with Gasteiger partial charge in [-0.2, -0.15) is 0 Å². The summed E-state index contributed by atoms with van der Waals surface area (Å²) in [5.74, 6) is -1.18. The number of benzene rings is 2. The number of hydrogen-bond acceptors (Lipinski definition) is 7. The van der Waals surface area contributed by atoms with Gasteiger partial charge in [0.15, 0.2) is 9.84 Å². The molecule has 12 heteroatoms. The van der Waals surface area contributed by atoms with Gasteiger partial charge in [0.1, 0.15) is 0 Å². The third-order valence-electron chi connectivity index (χ3n) is 4.77. The Hall–Kier alpha value is -3.80. The highest BCUT2D eigenvalue weighted by molar-refractivity contribution is 7.90. The second-order valence-corrected chi connectivity index (χ2v) is 9.22. The summed E-state index contributed by atoms with van der Waals surface area (Å²) >= 11 is 0. The van der Waals surface area contributed by atoms with E-state index >= 15 is 0 Å². The fourth-order valence-electron chi connectivity index (χ4n) is 3.08. The zero-order valence-electron chi connectivity index (χ0n) is 17.0. The van der Waals surface area contributed by atoms with Crippen LogP contribution in [0.15, 0.2) is 47.4 Å². The lowest BCUT2D eigenvalue weighted by atomic mass is 10.1. The van der Waals surface area contributed by atoms with Gasteiger partial charge in [-0.1, -0.05) is 12.1 Å². The minimum absolute atomic E-state index is 0.00464. The largest absolute Gasteiger partial charge is 0.353 e. The zero-order valence-corrected chi connectivity index (χ0v) is 17.8. The van der Waals surface area contributed by atoms with Crippen LogP contribution in [0.2, 0.25) is 0 Å². The monoisotopic (exact) mass is 460 g/mol. The summed E-state index contributed by atoms with van der Waals surface area (Å²) in [5.41, 5.74) is 0.383. The molecule has 1 heterocycles. The molecule has 2 aromatic carbocycles. The Morgan fingerprint density at radius 1 is 1.16 bits per heavy atom. The van der Waals surface area contributed by atoms with Crippen LogP contribution in [-0.4, -0.2) is 61.9 Å². The van der Waals surface area contributed by atoms with Crippen molar-refractivity contribution in [1.29, 1.82) is 0 Å². The van der Waals surface area contributed by atoms with Crippen molar-refractivity contribution >= 4 is 33.2 Å². The molecule has 0 unspecified atom stereocenters. The Morgan fingerprint density at radius 3 is 2.44 bits per heavy atom. The highest BCUT2D eigenvalue weighted by atomic mass is 32.2. The summed E-state index contributed by atoms with van der Waals surface area (Å²) in [7, 11) is -3.75. The molecule has 0 aliphatic carbocycles. The van der Waals surface area contributed by atoms with Crippen LogP contribution in [0.1, 0.15) is 26.3 Å². The molecule has 0 radical (unpaired) electrons. The topological polar surface area (TPSA) is 156 Å². The van der Waals surface area contributed by atoms with Crippen molar-refractivity contribution in [3.8, 4) is 0 Å². The van der Waals surface area contributed by atoms with Gasteiger partial charge in [-0.3, -0.25) is 24.5 Å². The average Bonchev–Trinajstić information content (AvgIpc) is 2.76. The van der Waals surface area contributed by atoms with Crippen LogP contribution in [0.3, 0.4) is 0 Å². The van der Waals surface area contributed by atoms with E-state index in [2.05, 4.69) is 10.6 Å². The zero-order chi connectivity index (χ0) is 23.5. The van der Waals surface area contributed by atoms with Crippen LogP contribution in [0, 0.1) is 10.1 Å². The molecule has 168 valence electrons. The second-order valence-electron chi connectivity index (χ2n) is 7.20. The first-order chi connectivity index (χ1) is 15.0. The maximum absolute atomic E-state index is 12.5. The summed E-state index contributed by atoms with van der Waals surface area (Å²) in [5, 5.41) is 16.3. The molecular weight excluding hydrogens is 440 g/mol. The lowest BCUT2D eigenvalue weighted by molar-refractivity contribution is -0.385. The van der Waals surface area contributed by atoms with E-state index in [0.29, 0.717) is 24.2 Å². The summed E-state index contributed by atoms with van der Waals surface area (Å²) < 4.78 is 23.5. The van der Waals surface area contributed by atoms with Crippen LogP contribution in [-0.2, 0) is 21.2 Å². The second kappa shape index (κ2) is 9.14. The van der Waals surface area contributed by atoms with Gasteiger partial charge in [-0.05, 0) is 23.8 Å². The van der Waals surface area contributed by atoms with Crippen molar-refractivity contribution in [1.82, 2.24) is 15.5 Å². The third-order valence-corrected chi connectivity index (χ3v) is 5.86. The third kappa shape index (κ3) is 5.46. The highest BCUT2D eigenvalue weighted by Crippen LogP contribution is 2.21. The van der Waals surface area contributed by atoms with E-state index in [9.17, 15) is 32.9 Å². The van der Waals surface area contributed by atoms with Crippen molar-refractivity contribution in [3.05, 3.63) is 69.3 Å². The molecule has 2 aromatic rings. The molecule has 3 rings (SSSR count). The lowest BCUT2D eigenvalue weighted by Gasteiger charge is -2.26. The molecule has 0 saturated carbocycles. The Kier molecular flexibility index (Phi) is 6.53. The molecule has 1 saturated heterocycles. The predicted molar refractivity (Wildman–Crippen MR) is 113 cm³/mol. The molecule has 32 heavy (non-hydrogen) atoms. The van der Waals surface area contributed by atoms with Gasteiger partial charge in [0.25, 0.3) is 17.5 Å². The first kappa shape index (κ1) is 22.9. The van der Waals surface area contributed by atoms with Gasteiger partial charge in [0, 0.05) is 49.1 Å². The molecule has 0 bridgehead atoms. The van der Waals surface area contributed by atoms with E-state index in [1.54, 1.807) is 24.3 Å². The quantitative estimate of drug-likeness (QED) is 0.470. The number of sulfone groups is 1. The van der Waals surface area contributed by atoms with Gasteiger partial charge in [0.2, 0.25) is 5.91 Å². The number of nitrogens with one attached hydrogen (secondary N) is 2. The molecule has 11 nitrogen and oxygen atoms in total. The fraction of sp³-hybridized carbons (Fsp3) is 0.250. The van der Waals surface area contributed by atoms with Crippen LogP contribution in [0.4, 0.5) is 5.69 Å². The first-order valence-electron chi connectivity index (χ1n) is 9.47. The summed E-state index contributed by atoms with van der Waals surface area (Å²) in [6.45, 7) is 0.861. The number of hydrogen-bond donors (Lipinski definition) is 2. The van der Waals surface area contributed by atoms with E-state index in [-0.39, 0.29) is 35.4 Å². The first-order valence-corrected chi connectivity index (χ1v) is 11.4. The summed E-state index contributed by atoms with van der Waals surface area (Å²) in [6, 6.07) is 9.39. The number of nitro groups is 1. The maximum atomic E-state index is 12.5. The number of piperazine rings is 1. The molecule has 0 aromatic heterocycles. The number of rotatable bonds is 6. The number of non-ortho nitro benzene ring substituents is 1. The minimum atomic E-state index is -3.75. The standard InChI is InChI=1S/C20H20N4O7S/c1-32(30,31)17-9-15(8-16(10-17)24(28)29)19(26)22-11-13-2-4-14(5-3-13)20(27)23-7-6-21-18(25)12-23/h2-5,8-10H,6-7,11-12H2,1H3,(H,21,25)(H,22,26). The maximum Gasteiger partial charge on any atom is 0.271 e. The lowest BCUT2D eigenvalue weighted by Crippen LogP contribution is -2.49. The van der Waals surface area contributed by atoms with Gasteiger partial charge >= 0.3 is 0 Å². The van der Waals surface area contributed by atoms with Crippen LogP contribution in [0.25, 0.3) is 0 Å². The van der Waals surface area contributed by atoms with E-state index < -0.39 is 26.4 Å². The van der Waals surface area contributed by atoms with Gasteiger partial charge < -0.3 is 15.5 Å². The van der Waals surface area contributed by atoms with Crippen molar-refractivity contribution in [2.24, 2.45) is 0 Å². The van der Waals surface area contributed by atoms with Gasteiger partial charge in [0.05, 0.1) is 16.4 Å². The van der Waals surface area contributed by atoms with E-state index in [0.717, 1.165) is 24.5 Å². The summed E-state index contributed by atoms with van der Waals surface area (Å²) in [4.78, 5) is 47.8. The van der Waals surface area contributed by atoms with E-state index in [4.69, 9.17) is 0 Å². The Labute approximate surface area is 183 Å². The van der Waals surface area contributed by atoms with E-state index in [1.807, 2.05) is 0 Å². The Morgan fingerprint density at radius 2 is 1.84 bits per heavy atom. The van der Waals surface area contributed by atoms with Crippen LogP contribution in [0.5, 0.6) is 0 Å². The van der Waals surface area contributed by atoms with Crippen LogP contribution < -0.4 is 10.6 Å². The van der Waals surface area contributed by atoms with Crippen molar-refractivity contribution in [3.63, 3.8) is 0 Å². The number of nitro benzene ring substituents is 1. The Balaban J connectivity index is 1.68. The van der Waals surface area contributed by atoms with Crippen molar-refractivity contribution < 1.29 is 27.7 Å². The number of nitrogens with zero attached hydrogens (tertiary/aromatic N) is 2. The fourth-order valence-corrected chi connectivity index (χ4v) is 3.75. The molecular formula is C20H20N4O7S. The van der Waals surface area contributed by atoms with Crippen LogP contribution >= 0.6 is 0 Å².